The number of rotatable bonds is 2. The zero-order chi connectivity index (χ0) is 4.99. The van der Waals surface area contributed by atoms with Crippen LogP contribution in [0.5, 0.6) is 0 Å². The van der Waals surface area contributed by atoms with Gasteiger partial charge in [-0.05, 0) is 0 Å². The molecule has 0 saturated heterocycles. The Balaban J connectivity index is 2.63. The van der Waals surface area contributed by atoms with E-state index < -0.39 is 19.8 Å². The second-order valence-corrected chi connectivity index (χ2v) is 10.3. The van der Waals surface area contributed by atoms with E-state index in [2.05, 4.69) is 16.8 Å². The Morgan fingerprint density at radius 3 is 1.83 bits per heavy atom. The first-order valence-electron chi connectivity index (χ1n) is 2.56. The zero-order valence-corrected chi connectivity index (χ0v) is 7.77. The number of hydrogen-bond donors (Lipinski definition) is 0. The van der Waals surface area contributed by atoms with Crippen LogP contribution < -0.4 is 0 Å². The van der Waals surface area contributed by atoms with E-state index in [4.69, 9.17) is 0 Å². The molecule has 1 radical (unpaired) electrons. The van der Waals surface area contributed by atoms with Gasteiger partial charge in [-0.2, -0.15) is 0 Å². The molecule has 0 aromatic carbocycles. The molecule has 0 heterocycles. The zero-order valence-electron chi connectivity index (χ0n) is 4.91. The third-order valence-corrected chi connectivity index (χ3v) is 5.03. The van der Waals surface area contributed by atoms with Gasteiger partial charge in [-0.25, -0.2) is 0 Å². The SMILES string of the molecule is CC[CH2][Sn]([CH3])[CH3]. The molecule has 0 amide bonds. The van der Waals surface area contributed by atoms with E-state index in [0.29, 0.717) is 0 Å². The fourth-order valence-electron chi connectivity index (χ4n) is 0.500. The summed E-state index contributed by atoms with van der Waals surface area (Å²) in [6.07, 6.45) is 1.42. The monoisotopic (exact) mass is 193 g/mol. The van der Waals surface area contributed by atoms with E-state index in [1.165, 1.54) is 6.42 Å². The molecule has 0 aromatic heterocycles. The Morgan fingerprint density at radius 2 is 1.83 bits per heavy atom. The van der Waals surface area contributed by atoms with Crippen molar-refractivity contribution >= 4 is 19.8 Å². The Kier molecular flexibility index (Phi) is 4.50. The van der Waals surface area contributed by atoms with Gasteiger partial charge in [0.05, 0.1) is 0 Å². The molecule has 37 valence electrons. The molecule has 0 aliphatic rings. The molecular weight excluding hydrogens is 179 g/mol. The van der Waals surface area contributed by atoms with Crippen molar-refractivity contribution in [1.82, 2.24) is 0 Å². The van der Waals surface area contributed by atoms with Gasteiger partial charge in [0.15, 0.2) is 0 Å². The molecular formula is C5H13Sn. The third kappa shape index (κ3) is 4.80. The molecule has 0 bridgehead atoms. The van der Waals surface area contributed by atoms with Crippen molar-refractivity contribution in [1.29, 1.82) is 0 Å². The summed E-state index contributed by atoms with van der Waals surface area (Å²) in [7, 11) is 0. The van der Waals surface area contributed by atoms with Crippen LogP contribution in [0.3, 0.4) is 0 Å². The van der Waals surface area contributed by atoms with Gasteiger partial charge >= 0.3 is 47.4 Å². The summed E-state index contributed by atoms with van der Waals surface area (Å²) in [6.45, 7) is 2.27. The molecule has 0 aliphatic heterocycles. The minimum atomic E-state index is -0.615. The molecule has 0 nitrogen and oxygen atoms in total. The molecule has 0 rings (SSSR count). The Hall–Kier alpha value is 0.799. The van der Waals surface area contributed by atoms with Gasteiger partial charge in [0, 0.05) is 0 Å². The van der Waals surface area contributed by atoms with E-state index in [1.54, 1.807) is 4.44 Å². The molecule has 0 saturated carbocycles. The van der Waals surface area contributed by atoms with Crippen molar-refractivity contribution in [3.63, 3.8) is 0 Å². The molecule has 0 aliphatic carbocycles. The van der Waals surface area contributed by atoms with Gasteiger partial charge in [0.25, 0.3) is 0 Å². The van der Waals surface area contributed by atoms with Crippen LogP contribution in [0.4, 0.5) is 0 Å². The van der Waals surface area contributed by atoms with Crippen LogP contribution in [0, 0.1) is 0 Å². The summed E-state index contributed by atoms with van der Waals surface area (Å²) in [4.78, 5) is 4.90. The van der Waals surface area contributed by atoms with E-state index in [1.807, 2.05) is 0 Å². The van der Waals surface area contributed by atoms with Crippen LogP contribution in [0.25, 0.3) is 0 Å². The van der Waals surface area contributed by atoms with E-state index in [9.17, 15) is 0 Å². The quantitative estimate of drug-likeness (QED) is 0.587. The van der Waals surface area contributed by atoms with Crippen LogP contribution in [0.2, 0.25) is 14.3 Å². The van der Waals surface area contributed by atoms with Crippen LogP contribution in [-0.2, 0) is 0 Å². The van der Waals surface area contributed by atoms with Crippen molar-refractivity contribution in [3.8, 4) is 0 Å². The van der Waals surface area contributed by atoms with Gasteiger partial charge in [0.2, 0.25) is 0 Å². The summed E-state index contributed by atoms with van der Waals surface area (Å²) in [5.41, 5.74) is 0. The van der Waals surface area contributed by atoms with Crippen molar-refractivity contribution in [3.05, 3.63) is 0 Å². The van der Waals surface area contributed by atoms with Crippen molar-refractivity contribution in [2.24, 2.45) is 0 Å². The fourth-order valence-corrected chi connectivity index (χ4v) is 3.35. The minimum absolute atomic E-state index is 0.615. The Morgan fingerprint density at radius 1 is 1.33 bits per heavy atom. The van der Waals surface area contributed by atoms with Gasteiger partial charge in [-0.3, -0.25) is 0 Å². The Labute approximate surface area is 47.7 Å². The topological polar surface area (TPSA) is 0 Å². The van der Waals surface area contributed by atoms with Gasteiger partial charge in [-0.1, -0.05) is 0 Å². The van der Waals surface area contributed by atoms with Crippen molar-refractivity contribution in [2.45, 2.75) is 27.7 Å². The summed E-state index contributed by atoms with van der Waals surface area (Å²) in [5.74, 6) is 0. The van der Waals surface area contributed by atoms with E-state index >= 15 is 0 Å². The van der Waals surface area contributed by atoms with Crippen LogP contribution in [0.1, 0.15) is 13.3 Å². The first kappa shape index (κ1) is 6.80. The molecule has 0 unspecified atom stereocenters. The first-order chi connectivity index (χ1) is 2.77. The van der Waals surface area contributed by atoms with Crippen LogP contribution in [0.15, 0.2) is 0 Å². The van der Waals surface area contributed by atoms with Crippen LogP contribution >= 0.6 is 0 Å². The van der Waals surface area contributed by atoms with Gasteiger partial charge < -0.3 is 0 Å². The molecule has 0 N–H and O–H groups in total. The predicted octanol–water partition coefficient (Wildman–Crippen LogP) is 2.15. The van der Waals surface area contributed by atoms with E-state index in [0.717, 1.165) is 0 Å². The standard InChI is InChI=1S/C3H7.2CH3.Sn/c1-3-2;;;/h1,3H2,2H3;2*1H3;. The summed E-state index contributed by atoms with van der Waals surface area (Å²) in [5, 5.41) is 0. The van der Waals surface area contributed by atoms with Gasteiger partial charge in [0.1, 0.15) is 0 Å². The normalized spacial score (nSPS) is 10.0. The summed E-state index contributed by atoms with van der Waals surface area (Å²) in [6, 6.07) is 0. The molecule has 0 atom stereocenters. The molecule has 0 spiro atoms. The summed E-state index contributed by atoms with van der Waals surface area (Å²) < 4.78 is 1.57. The van der Waals surface area contributed by atoms with Crippen molar-refractivity contribution < 1.29 is 0 Å². The maximum atomic E-state index is 2.45. The maximum absolute atomic E-state index is 2.45. The van der Waals surface area contributed by atoms with E-state index in [-0.39, 0.29) is 0 Å². The van der Waals surface area contributed by atoms with Gasteiger partial charge in [-0.15, -0.1) is 0 Å². The van der Waals surface area contributed by atoms with Crippen LogP contribution in [-0.4, -0.2) is 19.8 Å². The summed E-state index contributed by atoms with van der Waals surface area (Å²) >= 11 is -0.615. The molecule has 0 aromatic rings. The second kappa shape index (κ2) is 3.97. The number of hydrogen-bond acceptors (Lipinski definition) is 0. The average Bonchev–Trinajstić information content (AvgIpc) is 1.35. The fraction of sp³-hybridized carbons (Fsp3) is 1.00. The molecule has 6 heavy (non-hydrogen) atoms. The third-order valence-electron chi connectivity index (χ3n) is 0.750. The Bertz CT molecular complexity index is 25.1. The average molecular weight is 192 g/mol. The predicted molar refractivity (Wildman–Crippen MR) is 32.6 cm³/mol. The van der Waals surface area contributed by atoms with Crippen molar-refractivity contribution in [2.75, 3.05) is 0 Å². The first-order valence-corrected chi connectivity index (χ1v) is 10.3. The second-order valence-electron chi connectivity index (χ2n) is 1.96. The molecule has 1 heteroatoms. The molecule has 0 fully saturated rings.